The number of aromatic carboxylic acids is 1. The Bertz CT molecular complexity index is 710. The van der Waals surface area contributed by atoms with Crippen LogP contribution in [-0.2, 0) is 19.4 Å². The Morgan fingerprint density at radius 3 is 2.71 bits per heavy atom. The minimum atomic E-state index is -0.884. The van der Waals surface area contributed by atoms with Crippen molar-refractivity contribution in [3.05, 3.63) is 64.7 Å². The van der Waals surface area contributed by atoms with Crippen molar-refractivity contribution in [1.29, 1.82) is 0 Å². The van der Waals surface area contributed by atoms with Gasteiger partial charge in [0.25, 0.3) is 0 Å². The molecule has 0 aromatic heterocycles. The normalized spacial score (nSPS) is 14.5. The summed E-state index contributed by atoms with van der Waals surface area (Å²) in [5.41, 5.74) is 5.49. The molecule has 4 nitrogen and oxygen atoms in total. The second-order valence-corrected chi connectivity index (χ2v) is 6.51. The fraction of sp³-hybridized carbons (Fsp3) is 0.350. The predicted octanol–water partition coefficient (Wildman–Crippen LogP) is 3.46. The lowest BCUT2D eigenvalue weighted by molar-refractivity contribution is 0.0697. The van der Waals surface area contributed by atoms with Crippen molar-refractivity contribution in [1.82, 2.24) is 5.32 Å². The lowest BCUT2D eigenvalue weighted by Gasteiger charge is -2.20. The summed E-state index contributed by atoms with van der Waals surface area (Å²) in [6.07, 6.45) is 3.35. The van der Waals surface area contributed by atoms with Gasteiger partial charge in [0.15, 0.2) is 0 Å². The second-order valence-electron chi connectivity index (χ2n) is 6.51. The molecule has 1 heterocycles. The van der Waals surface area contributed by atoms with Crippen molar-refractivity contribution < 1.29 is 9.90 Å². The third-order valence-electron chi connectivity index (χ3n) is 4.51. The van der Waals surface area contributed by atoms with E-state index in [9.17, 15) is 4.79 Å². The predicted molar refractivity (Wildman–Crippen MR) is 96.7 cm³/mol. The molecular formula is C20H24N2O2. The van der Waals surface area contributed by atoms with Crippen molar-refractivity contribution >= 4 is 11.7 Å². The standard InChI is InChI=1S/C20H24N2O2/c1-14(22-13-15-4-7-17(8-5-15)20(23)24)11-16-6-9-19-18(12-16)3-2-10-21-19/h4-9,12,14,21-22H,2-3,10-11,13H2,1H3,(H,23,24). The monoisotopic (exact) mass is 324 g/mol. The van der Waals surface area contributed by atoms with Gasteiger partial charge in [0, 0.05) is 24.8 Å². The van der Waals surface area contributed by atoms with Crippen LogP contribution in [0.25, 0.3) is 0 Å². The Kier molecular flexibility index (Phi) is 5.16. The molecule has 0 saturated carbocycles. The van der Waals surface area contributed by atoms with Crippen LogP contribution in [0.4, 0.5) is 5.69 Å². The number of carbonyl (C=O) groups is 1. The van der Waals surface area contributed by atoms with Gasteiger partial charge in [0.05, 0.1) is 5.56 Å². The number of fused-ring (bicyclic) bond motifs is 1. The van der Waals surface area contributed by atoms with Crippen molar-refractivity contribution in [2.75, 3.05) is 11.9 Å². The molecule has 1 aliphatic heterocycles. The minimum absolute atomic E-state index is 0.328. The van der Waals surface area contributed by atoms with E-state index in [4.69, 9.17) is 5.11 Å². The summed E-state index contributed by atoms with van der Waals surface area (Å²) >= 11 is 0. The minimum Gasteiger partial charge on any atom is -0.478 e. The summed E-state index contributed by atoms with van der Waals surface area (Å²) in [6, 6.07) is 14.1. The van der Waals surface area contributed by atoms with Gasteiger partial charge in [-0.05, 0) is 61.1 Å². The smallest absolute Gasteiger partial charge is 0.335 e. The van der Waals surface area contributed by atoms with Gasteiger partial charge >= 0.3 is 5.97 Å². The SMILES string of the molecule is CC(Cc1ccc2c(c1)CCCN2)NCc1ccc(C(=O)O)cc1. The first-order valence-electron chi connectivity index (χ1n) is 8.53. The van der Waals surface area contributed by atoms with Gasteiger partial charge in [0.2, 0.25) is 0 Å². The summed E-state index contributed by atoms with van der Waals surface area (Å²) in [5, 5.41) is 15.9. The Morgan fingerprint density at radius 1 is 1.21 bits per heavy atom. The second kappa shape index (κ2) is 7.49. The number of rotatable bonds is 6. The van der Waals surface area contributed by atoms with E-state index >= 15 is 0 Å². The van der Waals surface area contributed by atoms with Crippen molar-refractivity contribution in [2.24, 2.45) is 0 Å². The molecule has 1 unspecified atom stereocenters. The molecular weight excluding hydrogens is 300 g/mol. The van der Waals surface area contributed by atoms with E-state index in [1.54, 1.807) is 12.1 Å². The number of anilines is 1. The maximum atomic E-state index is 10.9. The lowest BCUT2D eigenvalue weighted by Crippen LogP contribution is -2.27. The zero-order chi connectivity index (χ0) is 16.9. The van der Waals surface area contributed by atoms with Gasteiger partial charge in [-0.2, -0.15) is 0 Å². The first-order chi connectivity index (χ1) is 11.6. The molecule has 24 heavy (non-hydrogen) atoms. The maximum absolute atomic E-state index is 10.9. The van der Waals surface area contributed by atoms with E-state index in [1.165, 1.54) is 23.2 Å². The van der Waals surface area contributed by atoms with Gasteiger partial charge in [-0.3, -0.25) is 0 Å². The highest BCUT2D eigenvalue weighted by Crippen LogP contribution is 2.23. The number of hydrogen-bond acceptors (Lipinski definition) is 3. The van der Waals surface area contributed by atoms with Crippen LogP contribution < -0.4 is 10.6 Å². The van der Waals surface area contributed by atoms with Gasteiger partial charge in [0.1, 0.15) is 0 Å². The van der Waals surface area contributed by atoms with E-state index in [1.807, 2.05) is 12.1 Å². The molecule has 0 saturated heterocycles. The fourth-order valence-corrected chi connectivity index (χ4v) is 3.14. The van der Waals surface area contributed by atoms with Gasteiger partial charge in [-0.15, -0.1) is 0 Å². The average Bonchev–Trinajstić information content (AvgIpc) is 2.60. The van der Waals surface area contributed by atoms with Crippen LogP contribution in [0.3, 0.4) is 0 Å². The van der Waals surface area contributed by atoms with Crippen molar-refractivity contribution in [2.45, 2.75) is 38.8 Å². The number of carboxylic acids is 1. The van der Waals surface area contributed by atoms with Crippen LogP contribution in [-0.4, -0.2) is 23.7 Å². The number of benzene rings is 2. The zero-order valence-corrected chi connectivity index (χ0v) is 14.0. The van der Waals surface area contributed by atoms with E-state index in [-0.39, 0.29) is 0 Å². The number of carboxylic acid groups (broad SMARTS) is 1. The molecule has 126 valence electrons. The Balaban J connectivity index is 1.53. The van der Waals surface area contributed by atoms with E-state index < -0.39 is 5.97 Å². The average molecular weight is 324 g/mol. The Hall–Kier alpha value is -2.33. The Morgan fingerprint density at radius 2 is 1.96 bits per heavy atom. The summed E-state index contributed by atoms with van der Waals surface area (Å²) < 4.78 is 0. The van der Waals surface area contributed by atoms with E-state index in [0.29, 0.717) is 11.6 Å². The Labute approximate surface area is 142 Å². The number of nitrogens with one attached hydrogen (secondary N) is 2. The molecule has 0 fully saturated rings. The van der Waals surface area contributed by atoms with Crippen LogP contribution >= 0.6 is 0 Å². The molecule has 2 aromatic carbocycles. The lowest BCUT2D eigenvalue weighted by atomic mass is 9.98. The van der Waals surface area contributed by atoms with Gasteiger partial charge in [-0.1, -0.05) is 24.3 Å². The topological polar surface area (TPSA) is 61.4 Å². The molecule has 1 aliphatic rings. The van der Waals surface area contributed by atoms with Gasteiger partial charge < -0.3 is 15.7 Å². The molecule has 4 heteroatoms. The van der Waals surface area contributed by atoms with Crippen LogP contribution in [0, 0.1) is 0 Å². The van der Waals surface area contributed by atoms with Crippen molar-refractivity contribution in [3.8, 4) is 0 Å². The number of aryl methyl sites for hydroxylation is 1. The van der Waals surface area contributed by atoms with Gasteiger partial charge in [-0.25, -0.2) is 4.79 Å². The highest BCUT2D eigenvalue weighted by molar-refractivity contribution is 5.87. The van der Waals surface area contributed by atoms with Crippen LogP contribution in [0.5, 0.6) is 0 Å². The van der Waals surface area contributed by atoms with E-state index in [0.717, 1.165) is 31.5 Å². The molecule has 0 bridgehead atoms. The highest BCUT2D eigenvalue weighted by atomic mass is 16.4. The maximum Gasteiger partial charge on any atom is 0.335 e. The molecule has 3 N–H and O–H groups in total. The number of hydrogen-bond donors (Lipinski definition) is 3. The summed E-state index contributed by atoms with van der Waals surface area (Å²) in [7, 11) is 0. The van der Waals surface area contributed by atoms with Crippen LogP contribution in [0.15, 0.2) is 42.5 Å². The fourth-order valence-electron chi connectivity index (χ4n) is 3.14. The molecule has 3 rings (SSSR count). The molecule has 0 radical (unpaired) electrons. The third-order valence-corrected chi connectivity index (χ3v) is 4.51. The summed E-state index contributed by atoms with van der Waals surface area (Å²) in [4.78, 5) is 10.9. The summed E-state index contributed by atoms with van der Waals surface area (Å²) in [5.74, 6) is -0.884. The van der Waals surface area contributed by atoms with Crippen LogP contribution in [0.1, 0.15) is 40.4 Å². The third kappa shape index (κ3) is 4.15. The molecule has 0 aliphatic carbocycles. The highest BCUT2D eigenvalue weighted by Gasteiger charge is 2.10. The molecule has 0 amide bonds. The zero-order valence-electron chi connectivity index (χ0n) is 14.0. The van der Waals surface area contributed by atoms with Crippen LogP contribution in [0.2, 0.25) is 0 Å². The van der Waals surface area contributed by atoms with E-state index in [2.05, 4.69) is 35.8 Å². The summed E-state index contributed by atoms with van der Waals surface area (Å²) in [6.45, 7) is 4.00. The van der Waals surface area contributed by atoms with Crippen molar-refractivity contribution in [3.63, 3.8) is 0 Å². The first kappa shape index (κ1) is 16.5. The molecule has 1 atom stereocenters. The quantitative estimate of drug-likeness (QED) is 0.761. The molecule has 2 aromatic rings. The molecule has 0 spiro atoms. The largest absolute Gasteiger partial charge is 0.478 e. The first-order valence-corrected chi connectivity index (χ1v) is 8.53.